The molecule has 0 aliphatic heterocycles. The van der Waals surface area contributed by atoms with Crippen LogP contribution in [0.4, 0.5) is 5.69 Å². The summed E-state index contributed by atoms with van der Waals surface area (Å²) in [4.78, 5) is 10.2. The number of nitro groups is 1. The molecule has 1 aromatic rings. The lowest BCUT2D eigenvalue weighted by molar-refractivity contribution is -0.385. The van der Waals surface area contributed by atoms with Crippen molar-refractivity contribution in [1.29, 1.82) is 0 Å². The van der Waals surface area contributed by atoms with Crippen LogP contribution in [0.1, 0.15) is 11.1 Å². The summed E-state index contributed by atoms with van der Waals surface area (Å²) < 4.78 is 0. The molecule has 0 aliphatic carbocycles. The number of hydrogen-bond acceptors (Lipinski definition) is 3. The summed E-state index contributed by atoms with van der Waals surface area (Å²) in [5, 5.41) is 10.6. The van der Waals surface area contributed by atoms with E-state index in [1.165, 1.54) is 6.07 Å². The molecule has 0 saturated carbocycles. The molecule has 0 amide bonds. The van der Waals surface area contributed by atoms with Crippen LogP contribution in [0.15, 0.2) is 18.2 Å². The molecule has 0 fully saturated rings. The number of thiol groups is 1. The maximum Gasteiger partial charge on any atom is 0.284 e. The SMILES string of the molecule is Cc1ccc([N+](=O)[O-])c(C#CCS)c1. The third-order valence-corrected chi connectivity index (χ3v) is 1.81. The van der Waals surface area contributed by atoms with Gasteiger partial charge in [-0.05, 0) is 18.6 Å². The van der Waals surface area contributed by atoms with Gasteiger partial charge in [0.15, 0.2) is 0 Å². The Balaban J connectivity index is 3.22. The van der Waals surface area contributed by atoms with Crippen LogP contribution < -0.4 is 0 Å². The highest BCUT2D eigenvalue weighted by Gasteiger charge is 2.10. The van der Waals surface area contributed by atoms with Gasteiger partial charge < -0.3 is 0 Å². The van der Waals surface area contributed by atoms with Gasteiger partial charge in [-0.3, -0.25) is 10.1 Å². The molecule has 1 rings (SSSR count). The van der Waals surface area contributed by atoms with Crippen LogP contribution in [0.3, 0.4) is 0 Å². The summed E-state index contributed by atoms with van der Waals surface area (Å²) >= 11 is 3.92. The Bertz CT molecular complexity index is 418. The van der Waals surface area contributed by atoms with Crippen molar-refractivity contribution in [3.8, 4) is 11.8 Å². The number of nitro benzene ring substituents is 1. The van der Waals surface area contributed by atoms with Crippen molar-refractivity contribution < 1.29 is 4.92 Å². The molecule has 72 valence electrons. The van der Waals surface area contributed by atoms with Crippen LogP contribution in [0.5, 0.6) is 0 Å². The van der Waals surface area contributed by atoms with Gasteiger partial charge in [0, 0.05) is 6.07 Å². The van der Waals surface area contributed by atoms with Gasteiger partial charge in [-0.2, -0.15) is 12.6 Å². The zero-order valence-electron chi connectivity index (χ0n) is 7.65. The lowest BCUT2D eigenvalue weighted by Gasteiger charge is -1.96. The Kier molecular flexibility index (Phi) is 3.55. The predicted molar refractivity (Wildman–Crippen MR) is 58.6 cm³/mol. The highest BCUT2D eigenvalue weighted by atomic mass is 32.1. The largest absolute Gasteiger partial charge is 0.284 e. The Labute approximate surface area is 87.7 Å². The summed E-state index contributed by atoms with van der Waals surface area (Å²) in [5.41, 5.74) is 1.45. The van der Waals surface area contributed by atoms with Crippen molar-refractivity contribution in [2.75, 3.05) is 5.75 Å². The molecule has 1 aromatic carbocycles. The zero-order valence-corrected chi connectivity index (χ0v) is 8.54. The van der Waals surface area contributed by atoms with E-state index in [4.69, 9.17) is 0 Å². The van der Waals surface area contributed by atoms with Gasteiger partial charge in [-0.25, -0.2) is 0 Å². The van der Waals surface area contributed by atoms with Gasteiger partial charge in [-0.1, -0.05) is 17.9 Å². The average molecular weight is 207 g/mol. The fourth-order valence-corrected chi connectivity index (χ4v) is 1.12. The fourth-order valence-electron chi connectivity index (χ4n) is 1.04. The van der Waals surface area contributed by atoms with Crippen LogP contribution in [0, 0.1) is 28.9 Å². The summed E-state index contributed by atoms with van der Waals surface area (Å²) in [5.74, 6) is 5.81. The first-order valence-corrected chi connectivity index (χ1v) is 4.63. The second-order valence-corrected chi connectivity index (χ2v) is 3.05. The van der Waals surface area contributed by atoms with Gasteiger partial charge in [-0.15, -0.1) is 0 Å². The van der Waals surface area contributed by atoms with E-state index in [1.807, 2.05) is 6.92 Å². The quantitative estimate of drug-likeness (QED) is 0.332. The van der Waals surface area contributed by atoms with E-state index in [-0.39, 0.29) is 5.69 Å². The minimum absolute atomic E-state index is 0.0462. The molecular weight excluding hydrogens is 198 g/mol. The monoisotopic (exact) mass is 207 g/mol. The molecule has 0 heterocycles. The maximum atomic E-state index is 10.6. The molecule has 0 radical (unpaired) electrons. The first kappa shape index (κ1) is 10.6. The number of benzene rings is 1. The van der Waals surface area contributed by atoms with E-state index in [9.17, 15) is 10.1 Å². The average Bonchev–Trinajstić information content (AvgIpc) is 2.14. The molecule has 0 aromatic heterocycles. The minimum atomic E-state index is -0.429. The van der Waals surface area contributed by atoms with E-state index in [1.54, 1.807) is 12.1 Å². The van der Waals surface area contributed by atoms with Crippen molar-refractivity contribution in [2.24, 2.45) is 0 Å². The molecule has 0 bridgehead atoms. The van der Waals surface area contributed by atoms with Crippen molar-refractivity contribution >= 4 is 18.3 Å². The molecule has 14 heavy (non-hydrogen) atoms. The zero-order chi connectivity index (χ0) is 10.6. The summed E-state index contributed by atoms with van der Waals surface area (Å²) in [6, 6.07) is 4.87. The van der Waals surface area contributed by atoms with E-state index < -0.39 is 4.92 Å². The van der Waals surface area contributed by atoms with Gasteiger partial charge in [0.25, 0.3) is 5.69 Å². The van der Waals surface area contributed by atoms with E-state index in [0.29, 0.717) is 11.3 Å². The van der Waals surface area contributed by atoms with Crippen LogP contribution >= 0.6 is 12.6 Å². The van der Waals surface area contributed by atoms with E-state index in [0.717, 1.165) is 5.56 Å². The van der Waals surface area contributed by atoms with E-state index in [2.05, 4.69) is 24.5 Å². The first-order chi connectivity index (χ1) is 6.65. The Hall–Kier alpha value is -1.47. The molecular formula is C10H9NO2S. The van der Waals surface area contributed by atoms with Crippen LogP contribution in [-0.4, -0.2) is 10.7 Å². The smallest absolute Gasteiger partial charge is 0.258 e. The number of hydrogen-bond donors (Lipinski definition) is 1. The molecule has 3 nitrogen and oxygen atoms in total. The molecule has 4 heteroatoms. The number of nitrogens with zero attached hydrogens (tertiary/aromatic N) is 1. The lowest BCUT2D eigenvalue weighted by Crippen LogP contribution is -1.92. The van der Waals surface area contributed by atoms with Crippen molar-refractivity contribution in [1.82, 2.24) is 0 Å². The van der Waals surface area contributed by atoms with Crippen molar-refractivity contribution in [3.63, 3.8) is 0 Å². The molecule has 0 N–H and O–H groups in total. The standard InChI is InChI=1S/C10H9NO2S/c1-8-4-5-10(11(12)13)9(7-8)3-2-6-14/h4-5,7,14H,6H2,1H3. The Morgan fingerprint density at radius 1 is 1.57 bits per heavy atom. The summed E-state index contributed by atoms with van der Waals surface area (Å²) in [6.45, 7) is 1.87. The van der Waals surface area contributed by atoms with Crippen LogP contribution in [0.25, 0.3) is 0 Å². The third-order valence-electron chi connectivity index (χ3n) is 1.65. The fraction of sp³-hybridized carbons (Fsp3) is 0.200. The van der Waals surface area contributed by atoms with Gasteiger partial charge in [0.1, 0.15) is 5.56 Å². The van der Waals surface area contributed by atoms with E-state index >= 15 is 0 Å². The third kappa shape index (κ3) is 2.51. The Morgan fingerprint density at radius 2 is 2.29 bits per heavy atom. The lowest BCUT2D eigenvalue weighted by atomic mass is 10.1. The summed E-state index contributed by atoms with van der Waals surface area (Å²) in [7, 11) is 0. The topological polar surface area (TPSA) is 43.1 Å². The van der Waals surface area contributed by atoms with Crippen LogP contribution in [-0.2, 0) is 0 Å². The minimum Gasteiger partial charge on any atom is -0.258 e. The highest BCUT2D eigenvalue weighted by Crippen LogP contribution is 2.18. The highest BCUT2D eigenvalue weighted by molar-refractivity contribution is 7.80. The van der Waals surface area contributed by atoms with Crippen LogP contribution in [0.2, 0.25) is 0 Å². The molecule has 0 aliphatic rings. The summed E-state index contributed by atoms with van der Waals surface area (Å²) in [6.07, 6.45) is 0. The van der Waals surface area contributed by atoms with Gasteiger partial charge in [0.2, 0.25) is 0 Å². The Morgan fingerprint density at radius 3 is 2.86 bits per heavy atom. The maximum absolute atomic E-state index is 10.6. The number of aryl methyl sites for hydroxylation is 1. The molecule has 0 saturated heterocycles. The molecule has 0 atom stereocenters. The normalized spacial score (nSPS) is 9.00. The first-order valence-electron chi connectivity index (χ1n) is 4.00. The molecule has 0 unspecified atom stereocenters. The van der Waals surface area contributed by atoms with Gasteiger partial charge >= 0.3 is 0 Å². The second kappa shape index (κ2) is 4.68. The van der Waals surface area contributed by atoms with Crippen molar-refractivity contribution in [3.05, 3.63) is 39.4 Å². The second-order valence-electron chi connectivity index (χ2n) is 2.74. The number of rotatable bonds is 1. The predicted octanol–water partition coefficient (Wildman–Crippen LogP) is 2.18. The molecule has 0 spiro atoms. The van der Waals surface area contributed by atoms with Gasteiger partial charge in [0.05, 0.1) is 10.7 Å². The van der Waals surface area contributed by atoms with Crippen molar-refractivity contribution in [2.45, 2.75) is 6.92 Å².